The first kappa shape index (κ1) is 18.2. The summed E-state index contributed by atoms with van der Waals surface area (Å²) in [6, 6.07) is 15.5. The van der Waals surface area contributed by atoms with Crippen molar-refractivity contribution in [3.8, 4) is 0 Å². The number of hydrogen-bond donors (Lipinski definition) is 1. The summed E-state index contributed by atoms with van der Waals surface area (Å²) in [4.78, 5) is 12.1. The molecule has 0 bridgehead atoms. The molecule has 0 radical (unpaired) electrons. The number of nitrogens with one attached hydrogen (secondary N) is 1. The van der Waals surface area contributed by atoms with Crippen molar-refractivity contribution in [2.75, 3.05) is 13.6 Å². The lowest BCUT2D eigenvalue weighted by atomic mass is 10.2. The SMILES string of the molecule is CCCNC(=O)c1cccc(S(=O)(=O)N(C)Cc2ccccc2)c1. The van der Waals surface area contributed by atoms with Crippen LogP contribution in [0.2, 0.25) is 0 Å². The lowest BCUT2D eigenvalue weighted by Crippen LogP contribution is -2.27. The van der Waals surface area contributed by atoms with E-state index in [0.29, 0.717) is 12.1 Å². The van der Waals surface area contributed by atoms with E-state index in [1.165, 1.54) is 23.5 Å². The highest BCUT2D eigenvalue weighted by molar-refractivity contribution is 7.89. The largest absolute Gasteiger partial charge is 0.352 e. The molecule has 0 aromatic heterocycles. The Morgan fingerprint density at radius 2 is 1.79 bits per heavy atom. The fraction of sp³-hybridized carbons (Fsp3) is 0.278. The first-order valence-corrected chi connectivity index (χ1v) is 9.27. The third-order valence-corrected chi connectivity index (χ3v) is 5.39. The van der Waals surface area contributed by atoms with Gasteiger partial charge in [-0.3, -0.25) is 4.79 Å². The van der Waals surface area contributed by atoms with Crippen LogP contribution in [0.15, 0.2) is 59.5 Å². The Kier molecular flexibility index (Phi) is 6.11. The maximum Gasteiger partial charge on any atom is 0.251 e. The van der Waals surface area contributed by atoms with Gasteiger partial charge in [0.05, 0.1) is 4.90 Å². The molecule has 2 aromatic carbocycles. The fourth-order valence-corrected chi connectivity index (χ4v) is 3.45. The van der Waals surface area contributed by atoms with Gasteiger partial charge >= 0.3 is 0 Å². The number of benzene rings is 2. The first-order valence-electron chi connectivity index (χ1n) is 7.83. The Balaban J connectivity index is 2.21. The molecule has 0 saturated carbocycles. The predicted octanol–water partition coefficient (Wildman–Crippen LogP) is 2.65. The van der Waals surface area contributed by atoms with Gasteiger partial charge in [-0.15, -0.1) is 0 Å². The Morgan fingerprint density at radius 1 is 1.08 bits per heavy atom. The molecule has 0 unspecified atom stereocenters. The average molecular weight is 346 g/mol. The molecule has 2 aromatic rings. The molecule has 5 nitrogen and oxygen atoms in total. The van der Waals surface area contributed by atoms with Gasteiger partial charge in [0, 0.05) is 25.7 Å². The van der Waals surface area contributed by atoms with Crippen molar-refractivity contribution in [3.63, 3.8) is 0 Å². The predicted molar refractivity (Wildman–Crippen MR) is 94.2 cm³/mol. The van der Waals surface area contributed by atoms with Crippen LogP contribution in [0.3, 0.4) is 0 Å². The number of nitrogens with zero attached hydrogens (tertiary/aromatic N) is 1. The smallest absolute Gasteiger partial charge is 0.251 e. The number of rotatable bonds is 7. The van der Waals surface area contributed by atoms with Gasteiger partial charge in [-0.2, -0.15) is 4.31 Å². The molecule has 0 aliphatic carbocycles. The normalized spacial score (nSPS) is 11.5. The van der Waals surface area contributed by atoms with Gasteiger partial charge < -0.3 is 5.32 Å². The van der Waals surface area contributed by atoms with Crippen LogP contribution in [0.5, 0.6) is 0 Å². The summed E-state index contributed by atoms with van der Waals surface area (Å²) in [6.07, 6.45) is 0.823. The Morgan fingerprint density at radius 3 is 2.46 bits per heavy atom. The fourth-order valence-electron chi connectivity index (χ4n) is 2.24. The lowest BCUT2D eigenvalue weighted by Gasteiger charge is -2.17. The Labute approximate surface area is 143 Å². The zero-order chi connectivity index (χ0) is 17.6. The molecule has 1 amide bonds. The summed E-state index contributed by atoms with van der Waals surface area (Å²) in [5.41, 5.74) is 1.25. The highest BCUT2D eigenvalue weighted by Gasteiger charge is 2.22. The van der Waals surface area contributed by atoms with Crippen molar-refractivity contribution in [1.29, 1.82) is 0 Å². The third kappa shape index (κ3) is 4.43. The first-order chi connectivity index (χ1) is 11.4. The minimum absolute atomic E-state index is 0.116. The van der Waals surface area contributed by atoms with Crippen LogP contribution in [0.25, 0.3) is 0 Å². The van der Waals surface area contributed by atoms with E-state index in [-0.39, 0.29) is 17.3 Å². The van der Waals surface area contributed by atoms with Crippen molar-refractivity contribution >= 4 is 15.9 Å². The van der Waals surface area contributed by atoms with Crippen LogP contribution in [0.4, 0.5) is 0 Å². The number of carbonyl (C=O) groups excluding carboxylic acids is 1. The van der Waals surface area contributed by atoms with E-state index in [2.05, 4.69) is 5.32 Å². The molecule has 0 saturated heterocycles. The molecule has 0 aliphatic rings. The zero-order valence-corrected chi connectivity index (χ0v) is 14.7. The molecule has 0 heterocycles. The molecule has 0 aliphatic heterocycles. The molecular formula is C18H22N2O3S. The minimum Gasteiger partial charge on any atom is -0.352 e. The van der Waals surface area contributed by atoms with E-state index in [4.69, 9.17) is 0 Å². The van der Waals surface area contributed by atoms with Crippen LogP contribution in [0.1, 0.15) is 29.3 Å². The summed E-state index contributed by atoms with van der Waals surface area (Å²) in [5.74, 6) is -0.264. The van der Waals surface area contributed by atoms with Gasteiger partial charge in [-0.05, 0) is 30.2 Å². The maximum absolute atomic E-state index is 12.7. The second kappa shape index (κ2) is 8.08. The molecule has 1 N–H and O–H groups in total. The van der Waals surface area contributed by atoms with E-state index in [1.807, 2.05) is 37.3 Å². The number of carbonyl (C=O) groups is 1. The van der Waals surface area contributed by atoms with E-state index >= 15 is 0 Å². The van der Waals surface area contributed by atoms with Crippen LogP contribution in [-0.2, 0) is 16.6 Å². The molecule has 128 valence electrons. The number of hydrogen-bond acceptors (Lipinski definition) is 3. The monoisotopic (exact) mass is 346 g/mol. The van der Waals surface area contributed by atoms with Crippen molar-refractivity contribution in [1.82, 2.24) is 9.62 Å². The van der Waals surface area contributed by atoms with Crippen LogP contribution < -0.4 is 5.32 Å². The Bertz CT molecular complexity index is 789. The second-order valence-corrected chi connectivity index (χ2v) is 7.58. The topological polar surface area (TPSA) is 66.5 Å². The van der Waals surface area contributed by atoms with Gasteiger partial charge in [0.2, 0.25) is 10.0 Å². The minimum atomic E-state index is -3.66. The summed E-state index contributed by atoms with van der Waals surface area (Å²) in [6.45, 7) is 2.79. The molecule has 24 heavy (non-hydrogen) atoms. The van der Waals surface area contributed by atoms with Gasteiger partial charge in [0.1, 0.15) is 0 Å². The third-order valence-electron chi connectivity index (χ3n) is 3.59. The highest BCUT2D eigenvalue weighted by Crippen LogP contribution is 2.18. The summed E-state index contributed by atoms with van der Waals surface area (Å²) >= 11 is 0. The van der Waals surface area contributed by atoms with Crippen LogP contribution in [-0.4, -0.2) is 32.2 Å². The van der Waals surface area contributed by atoms with Gasteiger partial charge in [0.25, 0.3) is 5.91 Å². The zero-order valence-electron chi connectivity index (χ0n) is 13.9. The highest BCUT2D eigenvalue weighted by atomic mass is 32.2. The molecule has 0 fully saturated rings. The van der Waals surface area contributed by atoms with Crippen LogP contribution in [0, 0.1) is 0 Å². The molecular weight excluding hydrogens is 324 g/mol. The standard InChI is InChI=1S/C18H22N2O3S/c1-3-12-19-18(21)16-10-7-11-17(13-16)24(22,23)20(2)14-15-8-5-4-6-9-15/h4-11,13H,3,12,14H2,1-2H3,(H,19,21). The van der Waals surface area contributed by atoms with Crippen molar-refractivity contribution < 1.29 is 13.2 Å². The molecule has 2 rings (SSSR count). The lowest BCUT2D eigenvalue weighted by molar-refractivity contribution is 0.0953. The van der Waals surface area contributed by atoms with Crippen LogP contribution >= 0.6 is 0 Å². The number of sulfonamides is 1. The van der Waals surface area contributed by atoms with Gasteiger partial charge in [0.15, 0.2) is 0 Å². The quantitative estimate of drug-likeness (QED) is 0.838. The van der Waals surface area contributed by atoms with Gasteiger partial charge in [-0.1, -0.05) is 43.3 Å². The van der Waals surface area contributed by atoms with Gasteiger partial charge in [-0.25, -0.2) is 8.42 Å². The maximum atomic E-state index is 12.7. The molecule has 0 spiro atoms. The summed E-state index contributed by atoms with van der Waals surface area (Å²) in [7, 11) is -2.13. The Hall–Kier alpha value is -2.18. The average Bonchev–Trinajstić information content (AvgIpc) is 2.60. The summed E-state index contributed by atoms with van der Waals surface area (Å²) in [5, 5.41) is 2.75. The molecule has 6 heteroatoms. The molecule has 0 atom stereocenters. The van der Waals surface area contributed by atoms with Crippen molar-refractivity contribution in [2.24, 2.45) is 0 Å². The second-order valence-electron chi connectivity index (χ2n) is 5.53. The van der Waals surface area contributed by atoms with E-state index in [9.17, 15) is 13.2 Å². The number of amides is 1. The van der Waals surface area contributed by atoms with E-state index < -0.39 is 10.0 Å². The van der Waals surface area contributed by atoms with Crippen molar-refractivity contribution in [3.05, 3.63) is 65.7 Å². The summed E-state index contributed by atoms with van der Waals surface area (Å²) < 4.78 is 26.7. The van der Waals surface area contributed by atoms with Crippen molar-refractivity contribution in [2.45, 2.75) is 24.8 Å². The van der Waals surface area contributed by atoms with E-state index in [1.54, 1.807) is 12.1 Å². The van der Waals surface area contributed by atoms with E-state index in [0.717, 1.165) is 12.0 Å².